The molecule has 39 valence electrons. The van der Waals surface area contributed by atoms with Crippen LogP contribution in [0, 0.1) is 6.92 Å². The normalized spacial score (nSPS) is 12.5. The fourth-order valence-corrected chi connectivity index (χ4v) is 0. The van der Waals surface area contributed by atoms with Crippen LogP contribution < -0.4 is 0 Å². The Hall–Kier alpha value is 0.622. The predicted octanol–water partition coefficient (Wildman–Crippen LogP) is 0.589. The molecule has 1 nitrogen and oxygen atoms in total. The summed E-state index contributed by atoms with van der Waals surface area (Å²) < 4.78 is 0. The monoisotopic (exact) mass is 260 g/mol. The maximum atomic E-state index is 8.25. The summed E-state index contributed by atoms with van der Waals surface area (Å²) in [6, 6.07) is 0. The number of aliphatic hydroxyl groups is 1. The fourth-order valence-electron chi connectivity index (χ4n) is 0. The number of rotatable bonds is 1. The predicted molar refractivity (Wildman–Crippen MR) is 21.7 cm³/mol. The second kappa shape index (κ2) is 5.62. The maximum absolute atomic E-state index is 8.25. The first kappa shape index (κ1) is 9.80. The Balaban J connectivity index is 0. The van der Waals surface area contributed by atoms with E-state index in [1.54, 1.807) is 0 Å². The smallest absolute Gasteiger partial charge is 0 e. The van der Waals surface area contributed by atoms with E-state index in [-0.39, 0.29) is 26.5 Å². The molecule has 1 N–H and O–H groups in total. The van der Waals surface area contributed by atoms with Crippen molar-refractivity contribution >= 4 is 0 Å². The Labute approximate surface area is 52.4 Å². The van der Waals surface area contributed by atoms with Crippen LogP contribution in [0.3, 0.4) is 0 Å². The first-order valence-electron chi connectivity index (χ1n) is 1.78. The summed E-state index contributed by atoms with van der Waals surface area (Å²) >= 11 is 0. The quantitative estimate of drug-likeness (QED) is 0.683. The second-order valence-electron chi connectivity index (χ2n) is 1.06. The zero-order valence-electron chi connectivity index (χ0n) is 3.82. The Bertz CT molecular complexity index is 21.5. The molecule has 0 rings (SSSR count). The molecule has 0 aromatic carbocycles. The van der Waals surface area contributed by atoms with Gasteiger partial charge in [-0.3, -0.25) is 0 Å². The molecule has 0 saturated carbocycles. The Kier molecular flexibility index (Phi) is 9.18. The molecule has 0 aromatic rings. The molecule has 0 unspecified atom stereocenters. The van der Waals surface area contributed by atoms with Crippen molar-refractivity contribution in [1.82, 2.24) is 0 Å². The molecule has 0 bridgehead atoms. The van der Waals surface area contributed by atoms with Gasteiger partial charge in [0.25, 0.3) is 0 Å². The standard InChI is InChI=1S/C4H9O.Re/c1-3-4(2)5;/h4-5H,2-3H2,1H3;/q-1;/t4-;/m0./s1. The van der Waals surface area contributed by atoms with Crippen molar-refractivity contribution in [1.29, 1.82) is 0 Å². The van der Waals surface area contributed by atoms with E-state index in [0.717, 1.165) is 6.42 Å². The molecule has 1 radical (unpaired) electrons. The average molecular weight is 259 g/mol. The van der Waals surface area contributed by atoms with Gasteiger partial charge in [0, 0.05) is 20.4 Å². The van der Waals surface area contributed by atoms with Gasteiger partial charge in [0.05, 0.1) is 0 Å². The van der Waals surface area contributed by atoms with E-state index < -0.39 is 0 Å². The van der Waals surface area contributed by atoms with E-state index in [1.807, 2.05) is 6.92 Å². The van der Waals surface area contributed by atoms with Crippen LogP contribution in [-0.4, -0.2) is 11.2 Å². The molecule has 0 heterocycles. The van der Waals surface area contributed by atoms with Gasteiger partial charge in [-0.25, -0.2) is 0 Å². The van der Waals surface area contributed by atoms with Gasteiger partial charge in [-0.15, -0.1) is 0 Å². The minimum absolute atomic E-state index is 0. The van der Waals surface area contributed by atoms with Crippen molar-refractivity contribution in [3.63, 3.8) is 0 Å². The summed E-state index contributed by atoms with van der Waals surface area (Å²) in [5.74, 6) is 0. The van der Waals surface area contributed by atoms with E-state index in [1.165, 1.54) is 0 Å². The third-order valence-corrected chi connectivity index (χ3v) is 0.471. The molecule has 0 fully saturated rings. The summed E-state index contributed by atoms with van der Waals surface area (Å²) in [4.78, 5) is 0. The Morgan fingerprint density at radius 2 is 2.00 bits per heavy atom. The van der Waals surface area contributed by atoms with Crippen LogP contribution in [0.1, 0.15) is 13.3 Å². The van der Waals surface area contributed by atoms with E-state index in [9.17, 15) is 0 Å². The van der Waals surface area contributed by atoms with Gasteiger partial charge in [-0.2, -0.15) is 0 Å². The molecule has 6 heavy (non-hydrogen) atoms. The van der Waals surface area contributed by atoms with Gasteiger partial charge in [0.2, 0.25) is 0 Å². The minimum atomic E-state index is -0.366. The topological polar surface area (TPSA) is 20.2 Å². The van der Waals surface area contributed by atoms with Crippen LogP contribution in [0.4, 0.5) is 0 Å². The Morgan fingerprint density at radius 1 is 1.83 bits per heavy atom. The zero-order valence-corrected chi connectivity index (χ0v) is 6.53. The number of hydrogen-bond donors (Lipinski definition) is 1. The van der Waals surface area contributed by atoms with Crippen LogP contribution in [0.2, 0.25) is 0 Å². The molecule has 0 saturated heterocycles. The van der Waals surface area contributed by atoms with Gasteiger partial charge in [-0.05, 0) is 0 Å². The van der Waals surface area contributed by atoms with E-state index in [0.29, 0.717) is 0 Å². The van der Waals surface area contributed by atoms with Gasteiger partial charge >= 0.3 is 0 Å². The van der Waals surface area contributed by atoms with Gasteiger partial charge in [-0.1, -0.05) is 19.4 Å². The molecule has 0 aliphatic rings. The summed E-state index contributed by atoms with van der Waals surface area (Å²) in [5, 5.41) is 8.25. The molecule has 1 atom stereocenters. The van der Waals surface area contributed by atoms with Crippen molar-refractivity contribution in [2.24, 2.45) is 0 Å². The van der Waals surface area contributed by atoms with Crippen molar-refractivity contribution in [2.45, 2.75) is 19.4 Å². The Morgan fingerprint density at radius 3 is 2.00 bits per heavy atom. The van der Waals surface area contributed by atoms with E-state index in [2.05, 4.69) is 6.92 Å². The van der Waals surface area contributed by atoms with E-state index in [4.69, 9.17) is 5.11 Å². The van der Waals surface area contributed by atoms with Crippen LogP contribution in [0.25, 0.3) is 0 Å². The maximum Gasteiger partial charge on any atom is 0 e. The van der Waals surface area contributed by atoms with Crippen molar-refractivity contribution in [3.8, 4) is 0 Å². The molecular weight excluding hydrogens is 250 g/mol. The molecule has 0 aliphatic heterocycles. The largest absolute Gasteiger partial charge is 0.425 e. The minimum Gasteiger partial charge on any atom is -0.425 e. The number of hydrogen-bond acceptors (Lipinski definition) is 1. The van der Waals surface area contributed by atoms with Crippen LogP contribution in [0.5, 0.6) is 0 Å². The fraction of sp³-hybridized carbons (Fsp3) is 0.750. The molecule has 0 amide bonds. The summed E-state index contributed by atoms with van der Waals surface area (Å²) in [6.45, 7) is 5.20. The molecule has 0 aliphatic carbocycles. The van der Waals surface area contributed by atoms with Gasteiger partial charge in [0.15, 0.2) is 0 Å². The molecule has 0 spiro atoms. The van der Waals surface area contributed by atoms with E-state index >= 15 is 0 Å². The third-order valence-electron chi connectivity index (χ3n) is 0.471. The van der Waals surface area contributed by atoms with Gasteiger partial charge in [0.1, 0.15) is 0 Å². The molecule has 2 heteroatoms. The van der Waals surface area contributed by atoms with Gasteiger partial charge < -0.3 is 12.0 Å². The van der Waals surface area contributed by atoms with Crippen molar-refractivity contribution in [3.05, 3.63) is 6.92 Å². The van der Waals surface area contributed by atoms with Crippen LogP contribution in [-0.2, 0) is 20.4 Å². The summed E-state index contributed by atoms with van der Waals surface area (Å²) in [7, 11) is 0. The van der Waals surface area contributed by atoms with Crippen molar-refractivity contribution < 1.29 is 25.5 Å². The SMILES string of the molecule is [CH2-][C@H](O)CC.[Re]. The zero-order chi connectivity index (χ0) is 4.28. The van der Waals surface area contributed by atoms with Crippen molar-refractivity contribution in [2.75, 3.05) is 0 Å². The first-order valence-corrected chi connectivity index (χ1v) is 1.78. The molecule has 0 aromatic heterocycles. The summed E-state index contributed by atoms with van der Waals surface area (Å²) in [5.41, 5.74) is 0. The number of aliphatic hydroxyl groups excluding tert-OH is 1. The first-order chi connectivity index (χ1) is 2.27. The summed E-state index contributed by atoms with van der Waals surface area (Å²) in [6.07, 6.45) is 0.384. The molecular formula is C4H9ORe-. The third kappa shape index (κ3) is 8.82. The average Bonchev–Trinajstić information content (AvgIpc) is 1.38. The second-order valence-corrected chi connectivity index (χ2v) is 1.06. The van der Waals surface area contributed by atoms with Crippen LogP contribution in [0.15, 0.2) is 0 Å². The van der Waals surface area contributed by atoms with Crippen LogP contribution >= 0.6 is 0 Å².